The molecule has 0 saturated carbocycles. The van der Waals surface area contributed by atoms with E-state index in [1.807, 2.05) is 0 Å². The standard InChI is InChI=1S/C12H18F6N2O7S2/c1-2-5-20(8-3-7-27-9(8)21)6-4-19-28(22,23)11(15,16)10(13,14)12(17,18)29(24,25)26/h8,19H,2-7H2,1H3,(H,24,25,26). The van der Waals surface area contributed by atoms with Gasteiger partial charge in [0.15, 0.2) is 0 Å². The summed E-state index contributed by atoms with van der Waals surface area (Å²) in [6.07, 6.45) is 0.645. The number of carbonyl (C=O) groups is 1. The molecule has 172 valence electrons. The fourth-order valence-corrected chi connectivity index (χ4v) is 3.97. The molecule has 0 amide bonds. The molecule has 2 N–H and O–H groups in total. The number of hydrogen-bond acceptors (Lipinski definition) is 7. The molecule has 1 atom stereocenters. The third-order valence-electron chi connectivity index (χ3n) is 3.94. The molecule has 17 heteroatoms. The minimum atomic E-state index is -7.08. The Balaban J connectivity index is 2.98. The number of hydrogen-bond donors (Lipinski definition) is 2. The first-order valence-corrected chi connectivity index (χ1v) is 10.9. The van der Waals surface area contributed by atoms with Crippen LogP contribution >= 0.6 is 0 Å². The van der Waals surface area contributed by atoms with Crippen LogP contribution in [0.1, 0.15) is 19.8 Å². The summed E-state index contributed by atoms with van der Waals surface area (Å²) in [4.78, 5) is 12.9. The third-order valence-corrected chi connectivity index (χ3v) is 6.36. The lowest BCUT2D eigenvalue weighted by Gasteiger charge is -2.31. The van der Waals surface area contributed by atoms with Gasteiger partial charge in [-0.1, -0.05) is 6.92 Å². The number of nitrogens with one attached hydrogen (secondary N) is 1. The minimum Gasteiger partial charge on any atom is -0.464 e. The predicted octanol–water partition coefficient (Wildman–Crippen LogP) is 0.642. The maximum absolute atomic E-state index is 13.7. The van der Waals surface area contributed by atoms with Crippen LogP contribution in [0, 0.1) is 0 Å². The van der Waals surface area contributed by atoms with Gasteiger partial charge in [0.25, 0.3) is 10.0 Å². The number of carbonyl (C=O) groups excluding carboxylic acids is 1. The van der Waals surface area contributed by atoms with Crippen molar-refractivity contribution in [2.45, 2.75) is 42.2 Å². The lowest BCUT2D eigenvalue weighted by molar-refractivity contribution is -0.246. The van der Waals surface area contributed by atoms with Crippen LogP contribution in [0.5, 0.6) is 0 Å². The molecule has 0 aromatic carbocycles. The van der Waals surface area contributed by atoms with E-state index in [4.69, 9.17) is 9.29 Å². The molecule has 1 heterocycles. The Morgan fingerprint density at radius 2 is 1.66 bits per heavy atom. The van der Waals surface area contributed by atoms with E-state index in [0.29, 0.717) is 6.42 Å². The van der Waals surface area contributed by atoms with Crippen molar-refractivity contribution in [2.75, 3.05) is 26.2 Å². The summed E-state index contributed by atoms with van der Waals surface area (Å²) >= 11 is 0. The van der Waals surface area contributed by atoms with Crippen molar-refractivity contribution in [1.82, 2.24) is 9.62 Å². The van der Waals surface area contributed by atoms with Gasteiger partial charge >= 0.3 is 32.5 Å². The largest absolute Gasteiger partial charge is 0.464 e. The van der Waals surface area contributed by atoms with Crippen molar-refractivity contribution >= 4 is 26.1 Å². The van der Waals surface area contributed by atoms with E-state index in [2.05, 4.69) is 0 Å². The van der Waals surface area contributed by atoms with Crippen LogP contribution in [0.2, 0.25) is 0 Å². The average Bonchev–Trinajstić information content (AvgIpc) is 2.98. The molecule has 0 aliphatic carbocycles. The lowest BCUT2D eigenvalue weighted by atomic mass is 10.2. The minimum absolute atomic E-state index is 0.0600. The van der Waals surface area contributed by atoms with Gasteiger partial charge in [0.2, 0.25) is 0 Å². The Morgan fingerprint density at radius 3 is 2.07 bits per heavy atom. The molecular formula is C12H18F6N2O7S2. The quantitative estimate of drug-likeness (QED) is 0.250. The predicted molar refractivity (Wildman–Crippen MR) is 84.5 cm³/mol. The number of nitrogens with zero attached hydrogens (tertiary/aromatic N) is 1. The number of alkyl halides is 6. The highest BCUT2D eigenvalue weighted by Crippen LogP contribution is 2.50. The molecule has 0 spiro atoms. The van der Waals surface area contributed by atoms with Crippen molar-refractivity contribution in [3.63, 3.8) is 0 Å². The van der Waals surface area contributed by atoms with Gasteiger partial charge < -0.3 is 4.74 Å². The first-order chi connectivity index (χ1) is 12.9. The number of rotatable bonds is 11. The Morgan fingerprint density at radius 1 is 1.10 bits per heavy atom. The first kappa shape index (κ1) is 25.9. The fraction of sp³-hybridized carbons (Fsp3) is 0.917. The van der Waals surface area contributed by atoms with Crippen LogP contribution < -0.4 is 4.72 Å². The summed E-state index contributed by atoms with van der Waals surface area (Å²) in [6.45, 7) is 0.474. The molecule has 1 saturated heterocycles. The van der Waals surface area contributed by atoms with Crippen molar-refractivity contribution in [3.05, 3.63) is 0 Å². The van der Waals surface area contributed by atoms with E-state index in [1.54, 1.807) is 6.92 Å². The zero-order valence-electron chi connectivity index (χ0n) is 14.7. The Labute approximate surface area is 162 Å². The van der Waals surface area contributed by atoms with Crippen LogP contribution in [0.4, 0.5) is 26.3 Å². The van der Waals surface area contributed by atoms with Crippen molar-refractivity contribution in [2.24, 2.45) is 0 Å². The molecule has 0 radical (unpaired) electrons. The summed E-state index contributed by atoms with van der Waals surface area (Å²) in [5, 5.41) is -13.4. The van der Waals surface area contributed by atoms with E-state index in [9.17, 15) is 48.0 Å². The number of halogens is 6. The summed E-state index contributed by atoms with van der Waals surface area (Å²) in [5.41, 5.74) is 0. The van der Waals surface area contributed by atoms with Gasteiger partial charge in [0, 0.05) is 19.5 Å². The number of cyclic esters (lactones) is 1. The highest BCUT2D eigenvalue weighted by molar-refractivity contribution is 7.90. The maximum atomic E-state index is 13.7. The van der Waals surface area contributed by atoms with Crippen LogP contribution in [-0.2, 0) is 29.7 Å². The molecule has 0 bridgehead atoms. The summed E-state index contributed by atoms with van der Waals surface area (Å²) in [7, 11) is -13.6. The first-order valence-electron chi connectivity index (χ1n) is 7.94. The number of sulfonamides is 1. The molecular weight excluding hydrogens is 462 g/mol. The van der Waals surface area contributed by atoms with Gasteiger partial charge in [-0.25, -0.2) is 13.1 Å². The smallest absolute Gasteiger partial charge is 0.439 e. The molecule has 29 heavy (non-hydrogen) atoms. The second-order valence-electron chi connectivity index (χ2n) is 5.99. The number of ether oxygens (including phenoxy) is 1. The molecule has 1 fully saturated rings. The van der Waals surface area contributed by atoms with Crippen molar-refractivity contribution in [3.8, 4) is 0 Å². The molecule has 1 unspecified atom stereocenters. The van der Waals surface area contributed by atoms with E-state index in [-0.39, 0.29) is 19.6 Å². The Hall–Kier alpha value is -1.17. The van der Waals surface area contributed by atoms with Crippen LogP contribution in [0.15, 0.2) is 0 Å². The van der Waals surface area contributed by atoms with Crippen molar-refractivity contribution in [1.29, 1.82) is 0 Å². The van der Waals surface area contributed by atoms with Gasteiger partial charge in [-0.15, -0.1) is 0 Å². The SMILES string of the molecule is CCCN(CCNS(=O)(=O)C(F)(F)C(F)(F)C(F)(F)S(=O)(=O)O)C1CCOC1=O. The highest BCUT2D eigenvalue weighted by atomic mass is 32.2. The molecule has 0 aromatic rings. The second kappa shape index (κ2) is 8.52. The van der Waals surface area contributed by atoms with Gasteiger partial charge in [-0.3, -0.25) is 14.2 Å². The van der Waals surface area contributed by atoms with Crippen LogP contribution in [0.3, 0.4) is 0 Å². The average molecular weight is 480 g/mol. The van der Waals surface area contributed by atoms with Gasteiger partial charge in [0.1, 0.15) is 6.04 Å². The van der Waals surface area contributed by atoms with E-state index in [0.717, 1.165) is 4.72 Å². The fourth-order valence-electron chi connectivity index (χ4n) is 2.44. The molecule has 9 nitrogen and oxygen atoms in total. The monoisotopic (exact) mass is 480 g/mol. The second-order valence-corrected chi connectivity index (χ2v) is 9.26. The lowest BCUT2D eigenvalue weighted by Crippen LogP contribution is -2.63. The van der Waals surface area contributed by atoms with E-state index >= 15 is 0 Å². The van der Waals surface area contributed by atoms with Crippen molar-refractivity contribution < 1.29 is 57.3 Å². The van der Waals surface area contributed by atoms with E-state index in [1.165, 1.54) is 4.90 Å². The molecule has 1 aliphatic rings. The van der Waals surface area contributed by atoms with Crippen LogP contribution in [-0.4, -0.2) is 81.0 Å². The summed E-state index contributed by atoms with van der Waals surface area (Å²) in [5.74, 6) is -7.66. The molecule has 1 rings (SSSR count). The van der Waals surface area contributed by atoms with Crippen LogP contribution in [0.25, 0.3) is 0 Å². The number of esters is 1. The highest BCUT2D eigenvalue weighted by Gasteiger charge is 2.82. The van der Waals surface area contributed by atoms with Gasteiger partial charge in [0.05, 0.1) is 6.61 Å². The zero-order valence-corrected chi connectivity index (χ0v) is 16.4. The normalized spacial score (nSPS) is 19.6. The summed E-state index contributed by atoms with van der Waals surface area (Å²) < 4.78 is 138. The molecule has 1 aliphatic heterocycles. The van der Waals surface area contributed by atoms with E-state index < -0.39 is 61.7 Å². The third kappa shape index (κ3) is 4.78. The van der Waals surface area contributed by atoms with Gasteiger partial charge in [-0.05, 0) is 13.0 Å². The maximum Gasteiger partial charge on any atom is 0.439 e. The Kier molecular flexibility index (Phi) is 7.60. The van der Waals surface area contributed by atoms with Gasteiger partial charge in [-0.2, -0.15) is 34.8 Å². The zero-order chi connectivity index (χ0) is 22.9. The summed E-state index contributed by atoms with van der Waals surface area (Å²) in [6, 6.07) is -0.828. The Bertz CT molecular complexity index is 819. The topological polar surface area (TPSA) is 130 Å². The molecule has 0 aromatic heterocycles.